The highest BCUT2D eigenvalue weighted by atomic mass is 127. The van der Waals surface area contributed by atoms with Gasteiger partial charge < -0.3 is 4.74 Å². The monoisotopic (exact) mass is 564 g/mol. The summed E-state index contributed by atoms with van der Waals surface area (Å²) in [6, 6.07) is 15.6. The van der Waals surface area contributed by atoms with Crippen molar-refractivity contribution in [1.29, 1.82) is 0 Å². The minimum atomic E-state index is -0.460. The van der Waals surface area contributed by atoms with E-state index in [2.05, 4.69) is 32.7 Å². The molecule has 0 saturated heterocycles. The Labute approximate surface area is 198 Å². The van der Waals surface area contributed by atoms with Gasteiger partial charge in [0.25, 0.3) is 5.91 Å². The quantitative estimate of drug-likeness (QED) is 0.132. The Morgan fingerprint density at radius 1 is 1.23 bits per heavy atom. The lowest BCUT2D eigenvalue weighted by Gasteiger charge is -2.14. The summed E-state index contributed by atoms with van der Waals surface area (Å²) in [6.45, 7) is 0. The van der Waals surface area contributed by atoms with Crippen LogP contribution in [-0.4, -0.2) is 29.1 Å². The number of ether oxygens (including phenoxy) is 1. The van der Waals surface area contributed by atoms with E-state index in [0.717, 1.165) is 19.6 Å². The Balaban J connectivity index is 1.76. The molecule has 8 nitrogen and oxygen atoms in total. The van der Waals surface area contributed by atoms with Gasteiger partial charge in [0.05, 0.1) is 38.9 Å². The van der Waals surface area contributed by atoms with Crippen LogP contribution in [-0.2, 0) is 0 Å². The first kappa shape index (κ1) is 21.3. The topological polar surface area (TPSA) is 97.9 Å². The summed E-state index contributed by atoms with van der Waals surface area (Å²) in [5.74, 6) is 0.339. The molecule has 0 aliphatic rings. The summed E-state index contributed by atoms with van der Waals surface area (Å²) < 4.78 is 6.89. The predicted molar refractivity (Wildman–Crippen MR) is 131 cm³/mol. The molecule has 31 heavy (non-hydrogen) atoms. The number of thiazole rings is 1. The first-order valence-electron chi connectivity index (χ1n) is 8.78. The second-order valence-corrected chi connectivity index (χ2v) is 9.37. The summed E-state index contributed by atoms with van der Waals surface area (Å²) in [6.07, 6.45) is 1.43. The van der Waals surface area contributed by atoms with Gasteiger partial charge in [0.15, 0.2) is 0 Å². The number of carbonyl (C=O) groups is 1. The first-order valence-corrected chi connectivity index (χ1v) is 11.5. The number of benzene rings is 2. The lowest BCUT2D eigenvalue weighted by atomic mass is 10.2. The number of aromatic nitrogens is 1. The Kier molecular flexibility index (Phi) is 6.25. The maximum atomic E-state index is 13.3. The summed E-state index contributed by atoms with van der Waals surface area (Å²) in [7, 11) is 1.58. The number of thiophene rings is 1. The molecule has 0 radical (unpaired) electrons. The Morgan fingerprint density at radius 3 is 2.74 bits per heavy atom. The molecule has 11 heteroatoms. The van der Waals surface area contributed by atoms with Crippen molar-refractivity contribution >= 4 is 77.7 Å². The zero-order chi connectivity index (χ0) is 22.0. The number of hydrogen-bond acceptors (Lipinski definition) is 8. The first-order chi connectivity index (χ1) is 15.0. The zero-order valence-corrected chi connectivity index (χ0v) is 19.7. The molecular weight excluding hydrogens is 551 g/mol. The van der Waals surface area contributed by atoms with Crippen LogP contribution in [0, 0.1) is 13.7 Å². The van der Waals surface area contributed by atoms with E-state index in [9.17, 15) is 14.9 Å². The van der Waals surface area contributed by atoms with Crippen LogP contribution < -0.4 is 9.75 Å². The average molecular weight is 564 g/mol. The summed E-state index contributed by atoms with van der Waals surface area (Å²) >= 11 is 4.38. The largest absolute Gasteiger partial charge is 0.497 e. The molecule has 0 saturated carbocycles. The van der Waals surface area contributed by atoms with Crippen molar-refractivity contribution in [2.45, 2.75) is 0 Å². The zero-order valence-electron chi connectivity index (χ0n) is 15.9. The third-order valence-electron chi connectivity index (χ3n) is 4.16. The molecule has 0 fully saturated rings. The fourth-order valence-corrected chi connectivity index (χ4v) is 4.93. The smallest absolute Gasteiger partial charge is 0.324 e. The highest BCUT2D eigenvalue weighted by Gasteiger charge is 2.23. The minimum absolute atomic E-state index is 0.00372. The number of hydrazone groups is 1. The number of anilines is 1. The summed E-state index contributed by atoms with van der Waals surface area (Å²) in [5.41, 5.74) is 1.19. The maximum absolute atomic E-state index is 13.3. The molecule has 2 heterocycles. The van der Waals surface area contributed by atoms with Gasteiger partial charge in [-0.25, -0.2) is 4.98 Å². The Morgan fingerprint density at radius 2 is 2.03 bits per heavy atom. The van der Waals surface area contributed by atoms with Gasteiger partial charge in [0.2, 0.25) is 5.13 Å². The van der Waals surface area contributed by atoms with Crippen molar-refractivity contribution in [3.63, 3.8) is 0 Å². The van der Waals surface area contributed by atoms with Gasteiger partial charge in [-0.05, 0) is 59.0 Å². The van der Waals surface area contributed by atoms with Crippen LogP contribution >= 0.6 is 45.3 Å². The third kappa shape index (κ3) is 4.57. The lowest BCUT2D eigenvalue weighted by molar-refractivity contribution is -0.380. The van der Waals surface area contributed by atoms with Crippen LogP contribution in [0.1, 0.15) is 15.2 Å². The molecular formula is C20H13IN4O4S2. The van der Waals surface area contributed by atoms with Crippen molar-refractivity contribution in [2.24, 2.45) is 5.10 Å². The van der Waals surface area contributed by atoms with Gasteiger partial charge in [-0.2, -0.15) is 10.1 Å². The number of carbonyl (C=O) groups excluding carboxylic acids is 1. The van der Waals surface area contributed by atoms with Crippen LogP contribution in [0.2, 0.25) is 0 Å². The molecule has 1 amide bonds. The fraction of sp³-hybridized carbons (Fsp3) is 0.0500. The van der Waals surface area contributed by atoms with Gasteiger partial charge in [-0.3, -0.25) is 14.9 Å². The van der Waals surface area contributed by atoms with E-state index in [0.29, 0.717) is 26.8 Å². The molecule has 0 unspecified atom stereocenters. The number of halogens is 1. The number of rotatable bonds is 6. The van der Waals surface area contributed by atoms with Gasteiger partial charge in [-0.15, -0.1) is 0 Å². The average Bonchev–Trinajstić information content (AvgIpc) is 3.40. The third-order valence-corrected chi connectivity index (χ3v) is 7.06. The van der Waals surface area contributed by atoms with Crippen molar-refractivity contribution in [1.82, 2.24) is 4.98 Å². The Hall–Kier alpha value is -2.90. The summed E-state index contributed by atoms with van der Waals surface area (Å²) in [5, 5.41) is 16.9. The predicted octanol–water partition coefficient (Wildman–Crippen LogP) is 5.56. The van der Waals surface area contributed by atoms with E-state index in [1.807, 2.05) is 24.3 Å². The number of methoxy groups -OCH3 is 1. The van der Waals surface area contributed by atoms with Gasteiger partial charge in [0.1, 0.15) is 5.75 Å². The number of amides is 1. The van der Waals surface area contributed by atoms with E-state index < -0.39 is 4.92 Å². The minimum Gasteiger partial charge on any atom is -0.497 e. The van der Waals surface area contributed by atoms with Crippen molar-refractivity contribution in [2.75, 3.05) is 12.1 Å². The molecule has 0 bridgehead atoms. The van der Waals surface area contributed by atoms with Crippen molar-refractivity contribution in [3.8, 4) is 5.75 Å². The Bertz CT molecular complexity index is 1320. The molecule has 2 aromatic heterocycles. The van der Waals surface area contributed by atoms with Crippen LogP contribution in [0.25, 0.3) is 10.2 Å². The molecule has 0 spiro atoms. The highest BCUT2D eigenvalue weighted by Crippen LogP contribution is 2.33. The molecule has 2 aromatic carbocycles. The molecule has 0 N–H and O–H groups in total. The van der Waals surface area contributed by atoms with Crippen LogP contribution in [0.3, 0.4) is 0 Å². The molecule has 4 rings (SSSR count). The fourth-order valence-electron chi connectivity index (χ4n) is 2.67. The second-order valence-electron chi connectivity index (χ2n) is 6.10. The van der Waals surface area contributed by atoms with E-state index in [1.165, 1.54) is 28.6 Å². The maximum Gasteiger partial charge on any atom is 0.324 e. The van der Waals surface area contributed by atoms with Crippen LogP contribution in [0.15, 0.2) is 59.7 Å². The molecule has 0 aliphatic heterocycles. The molecule has 4 aromatic rings. The number of hydrogen-bond donors (Lipinski definition) is 0. The van der Waals surface area contributed by atoms with E-state index >= 15 is 0 Å². The van der Waals surface area contributed by atoms with Crippen LogP contribution in [0.4, 0.5) is 10.1 Å². The second kappa shape index (κ2) is 9.08. The normalized spacial score (nSPS) is 11.2. The highest BCUT2D eigenvalue weighted by molar-refractivity contribution is 14.1. The van der Waals surface area contributed by atoms with Crippen molar-refractivity contribution < 1.29 is 14.5 Å². The van der Waals surface area contributed by atoms with Gasteiger partial charge in [0, 0.05) is 9.64 Å². The number of nitrogens with zero attached hydrogens (tertiary/aromatic N) is 4. The molecule has 0 atom stereocenters. The van der Waals surface area contributed by atoms with Gasteiger partial charge >= 0.3 is 5.00 Å². The molecule has 0 aliphatic carbocycles. The van der Waals surface area contributed by atoms with E-state index in [4.69, 9.17) is 4.74 Å². The standard InChI is InChI=1S/C20H13IN4O4S2/c1-29-12-6-8-16-17(10-12)31-20(23-16)24(19(26)14-4-2-3-5-15(14)21)22-11-13-7-9-18(30-13)25(27)28/h2-11H,1H3/b22-11+. The molecule has 156 valence electrons. The van der Waals surface area contributed by atoms with E-state index in [-0.39, 0.29) is 10.9 Å². The summed E-state index contributed by atoms with van der Waals surface area (Å²) in [4.78, 5) is 28.9. The lowest BCUT2D eigenvalue weighted by Crippen LogP contribution is -2.26. The van der Waals surface area contributed by atoms with E-state index in [1.54, 1.807) is 31.4 Å². The number of nitro groups is 1. The SMILES string of the molecule is COc1ccc2nc(N(/N=C/c3ccc([N+](=O)[O-])s3)C(=O)c3ccccc3I)sc2c1. The number of fused-ring (bicyclic) bond motifs is 1. The van der Waals surface area contributed by atoms with Crippen LogP contribution in [0.5, 0.6) is 5.75 Å². The van der Waals surface area contributed by atoms with Gasteiger partial charge in [-0.1, -0.05) is 34.8 Å². The van der Waals surface area contributed by atoms with Crippen molar-refractivity contribution in [3.05, 3.63) is 78.7 Å².